The molecule has 0 saturated heterocycles. The van der Waals surface area contributed by atoms with Gasteiger partial charge in [-0.2, -0.15) is 53.1 Å². The number of hydrogen-bond acceptors (Lipinski definition) is 2. The molecule has 1 aliphatic carbocycles. The molecule has 218 valence electrons. The summed E-state index contributed by atoms with van der Waals surface area (Å²) >= 11 is 0.444. The van der Waals surface area contributed by atoms with Crippen molar-refractivity contribution in [2.24, 2.45) is 0 Å². The maximum Gasteiger partial charge on any atom is -0.0253 e. The first kappa shape index (κ1) is 36.1. The van der Waals surface area contributed by atoms with Crippen LogP contribution in [0.4, 0.5) is 0 Å². The smallest absolute Gasteiger partial charge is 0.0253 e. The molecule has 1 aliphatic rings. The maximum atomic E-state index is 12.1. The number of ketones is 2. The molecule has 5 heteroatoms. The number of fused-ring (bicyclic) bond motifs is 3. The Labute approximate surface area is 282 Å². The van der Waals surface area contributed by atoms with Gasteiger partial charge in [-0.15, -0.1) is 5.56 Å². The van der Waals surface area contributed by atoms with Crippen molar-refractivity contribution in [2.75, 3.05) is 0 Å². The van der Waals surface area contributed by atoms with E-state index in [1.807, 2.05) is 18.2 Å². The number of Topliss-reactive ketones (excluding diaryl/α,β-unsaturated/α-hetero) is 2. The molecule has 0 unspecified atom stereocenters. The van der Waals surface area contributed by atoms with E-state index in [2.05, 4.69) is 88.4 Å². The van der Waals surface area contributed by atoms with Gasteiger partial charge in [-0.3, -0.25) is 0 Å². The largest absolute Gasteiger partial charge is 1.00 e. The summed E-state index contributed by atoms with van der Waals surface area (Å²) in [5.41, 5.74) is 9.78. The summed E-state index contributed by atoms with van der Waals surface area (Å²) in [5, 5.41) is 0. The summed E-state index contributed by atoms with van der Waals surface area (Å²) in [6.45, 7) is 8.85. The molecule has 0 aliphatic heterocycles. The fourth-order valence-electron chi connectivity index (χ4n) is 4.60. The van der Waals surface area contributed by atoms with E-state index >= 15 is 0 Å². The molecule has 2 nitrogen and oxygen atoms in total. The van der Waals surface area contributed by atoms with Gasteiger partial charge in [0.05, 0.1) is 0 Å². The third-order valence-corrected chi connectivity index (χ3v) is 8.55. The van der Waals surface area contributed by atoms with Crippen LogP contribution in [-0.2, 0) is 35.7 Å². The monoisotopic (exact) mass is 772 g/mol. The number of aryl methyl sites for hydroxylation is 1. The number of rotatable bonds is 4. The van der Waals surface area contributed by atoms with Gasteiger partial charge in [0, 0.05) is 0 Å². The second kappa shape index (κ2) is 16.7. The minimum absolute atomic E-state index is 0. The van der Waals surface area contributed by atoms with Crippen molar-refractivity contribution in [3.05, 3.63) is 161 Å². The summed E-state index contributed by atoms with van der Waals surface area (Å²) in [7, 11) is 0. The molecular weight excluding hydrogens is 738 g/mol. The number of carbonyl (C=O) groups is 2. The van der Waals surface area contributed by atoms with Crippen LogP contribution in [0, 0.1) is 13.0 Å². The number of hydrogen-bond donors (Lipinski definition) is 0. The first-order valence-corrected chi connectivity index (χ1v) is 15.5. The van der Waals surface area contributed by atoms with Gasteiger partial charge in [-0.05, 0) is 6.42 Å². The molecular formula is C38H34Cl2HfO2-2. The molecule has 5 aromatic rings. The molecule has 0 radical (unpaired) electrons. The average Bonchev–Trinajstić information content (AvgIpc) is 3.61. The fraction of sp³-hybridized carbons (Fsp3) is 0.158. The molecule has 0 heterocycles. The minimum atomic E-state index is -0.156. The van der Waals surface area contributed by atoms with Crippen molar-refractivity contribution in [1.82, 2.24) is 0 Å². The number of halogens is 2. The molecule has 0 spiro atoms. The SMILES string of the molecule is Cc1cc(C(C)(C)C)c[cH-]1.O=C([C](=[Hf+2])C(=O)c1ccccc1)c1ccccc1.[Cl-].[Cl-].[c-]1cccc2c1Cc1ccccc1-2. The number of carbonyl (C=O) groups excluding carboxylic acids is 2. The van der Waals surface area contributed by atoms with Gasteiger partial charge in [-0.1, -0.05) is 68.5 Å². The third-order valence-electron chi connectivity index (χ3n) is 6.92. The summed E-state index contributed by atoms with van der Waals surface area (Å²) in [5.74, 6) is -0.313. The van der Waals surface area contributed by atoms with Crippen molar-refractivity contribution in [3.8, 4) is 11.1 Å². The van der Waals surface area contributed by atoms with E-state index in [0.29, 0.717) is 43.7 Å². The molecule has 43 heavy (non-hydrogen) atoms. The minimum Gasteiger partial charge on any atom is -1.00 e. The second-order valence-electron chi connectivity index (χ2n) is 11.1. The number of benzene rings is 4. The van der Waals surface area contributed by atoms with E-state index in [9.17, 15) is 9.59 Å². The van der Waals surface area contributed by atoms with Crippen LogP contribution in [-0.4, -0.2) is 14.8 Å². The van der Waals surface area contributed by atoms with Crippen LogP contribution >= 0.6 is 0 Å². The van der Waals surface area contributed by atoms with Gasteiger partial charge >= 0.3 is 120 Å². The molecule has 5 aromatic carbocycles. The van der Waals surface area contributed by atoms with Crippen LogP contribution in [0.5, 0.6) is 0 Å². The summed E-state index contributed by atoms with van der Waals surface area (Å²) in [4.78, 5) is 24.3. The zero-order chi connectivity index (χ0) is 29.4. The average molecular weight is 772 g/mol. The molecule has 0 atom stereocenters. The third kappa shape index (κ3) is 9.69. The first-order chi connectivity index (χ1) is 19.6. The zero-order valence-electron chi connectivity index (χ0n) is 24.8. The Morgan fingerprint density at radius 1 is 0.744 bits per heavy atom. The van der Waals surface area contributed by atoms with Crippen LogP contribution in [0.1, 0.15) is 63.7 Å². The van der Waals surface area contributed by atoms with Crippen molar-refractivity contribution < 1.29 is 58.3 Å². The Balaban J connectivity index is 0.000000229. The fourth-order valence-corrected chi connectivity index (χ4v) is 5.63. The van der Waals surface area contributed by atoms with Crippen molar-refractivity contribution in [3.63, 3.8) is 0 Å². The van der Waals surface area contributed by atoms with Crippen molar-refractivity contribution >= 4 is 14.8 Å². The van der Waals surface area contributed by atoms with E-state index in [4.69, 9.17) is 0 Å². The molecule has 0 N–H and O–H groups in total. The van der Waals surface area contributed by atoms with Crippen LogP contribution in [0.3, 0.4) is 0 Å². The predicted octanol–water partition coefficient (Wildman–Crippen LogP) is 2.55. The molecule has 0 amide bonds. The van der Waals surface area contributed by atoms with Gasteiger partial charge in [0.2, 0.25) is 0 Å². The Kier molecular flexibility index (Phi) is 14.0. The van der Waals surface area contributed by atoms with Gasteiger partial charge in [0.1, 0.15) is 0 Å². The van der Waals surface area contributed by atoms with Gasteiger partial charge in [0.15, 0.2) is 0 Å². The Hall–Kier alpha value is -3.11. The van der Waals surface area contributed by atoms with Crippen LogP contribution < -0.4 is 24.8 Å². The van der Waals surface area contributed by atoms with E-state index < -0.39 is 0 Å². The first-order valence-electron chi connectivity index (χ1n) is 13.7. The summed E-state index contributed by atoms with van der Waals surface area (Å²) in [6, 6.07) is 42.6. The molecule has 0 fully saturated rings. The topological polar surface area (TPSA) is 34.1 Å². The van der Waals surface area contributed by atoms with Gasteiger partial charge in [-0.25, -0.2) is 6.07 Å². The molecule has 0 bridgehead atoms. The Bertz CT molecular complexity index is 1550. The normalized spacial score (nSPS) is 10.7. The van der Waals surface area contributed by atoms with E-state index in [1.54, 1.807) is 48.5 Å². The summed E-state index contributed by atoms with van der Waals surface area (Å²) < 4.78 is 0.382. The second-order valence-corrected chi connectivity index (χ2v) is 12.9. The quantitative estimate of drug-likeness (QED) is 0.120. The van der Waals surface area contributed by atoms with E-state index in [0.717, 1.165) is 6.42 Å². The molecule has 0 saturated carbocycles. The van der Waals surface area contributed by atoms with Gasteiger partial charge in [0.25, 0.3) is 0 Å². The van der Waals surface area contributed by atoms with E-state index in [-0.39, 0.29) is 36.4 Å². The molecule has 0 aromatic heterocycles. The van der Waals surface area contributed by atoms with Gasteiger partial charge < -0.3 is 24.8 Å². The summed E-state index contributed by atoms with van der Waals surface area (Å²) in [6.07, 6.45) is 1.05. The van der Waals surface area contributed by atoms with Crippen LogP contribution in [0.25, 0.3) is 11.1 Å². The maximum absolute atomic E-state index is 12.1. The zero-order valence-corrected chi connectivity index (χ0v) is 29.9. The van der Waals surface area contributed by atoms with Crippen LogP contribution in [0.15, 0.2) is 121 Å². The van der Waals surface area contributed by atoms with Crippen LogP contribution in [0.2, 0.25) is 0 Å². The standard InChI is InChI=1S/C15H10O2.C13H9.C10H15.2ClH.Hf/c16-14(12-7-3-1-4-8-12)11-15(17)13-9-5-2-6-10-13;1-3-7-12-10(5-1)9-11-6-2-4-8-13(11)12;1-8-5-6-9(7-8)10(2,3)4;;;/h1-10H;1-5,7-8H,9H2;5-7H,1-4H3;2*1H;/q;2*-1;;;+2/p-2. The Morgan fingerprint density at radius 3 is 1.74 bits per heavy atom. The predicted molar refractivity (Wildman–Crippen MR) is 166 cm³/mol. The van der Waals surface area contributed by atoms with Crippen molar-refractivity contribution in [1.29, 1.82) is 0 Å². The Morgan fingerprint density at radius 2 is 1.26 bits per heavy atom. The van der Waals surface area contributed by atoms with E-state index in [1.165, 1.54) is 33.4 Å². The van der Waals surface area contributed by atoms with Crippen molar-refractivity contribution in [2.45, 2.75) is 39.5 Å². The molecule has 6 rings (SSSR count).